The highest BCUT2D eigenvalue weighted by Crippen LogP contribution is 2.21. The third-order valence-electron chi connectivity index (χ3n) is 4.14. The maximum atomic E-state index is 12.2. The number of likely N-dealkylation sites (tertiary alicyclic amines) is 1. The van der Waals surface area contributed by atoms with Crippen LogP contribution in [0.3, 0.4) is 0 Å². The van der Waals surface area contributed by atoms with E-state index in [1.54, 1.807) is 6.20 Å². The maximum Gasteiger partial charge on any atom is 0.223 e. The molecule has 22 heavy (non-hydrogen) atoms. The summed E-state index contributed by atoms with van der Waals surface area (Å²) in [5.41, 5.74) is 6.65. The molecule has 2 heterocycles. The van der Waals surface area contributed by atoms with Crippen molar-refractivity contribution in [3.05, 3.63) is 42.4 Å². The number of rotatable bonds is 5. The number of carbonyl (C=O) groups is 1. The van der Waals surface area contributed by atoms with Crippen molar-refractivity contribution in [3.63, 3.8) is 0 Å². The Hall–Kier alpha value is -2.14. The van der Waals surface area contributed by atoms with Crippen LogP contribution in [0, 0.1) is 5.92 Å². The van der Waals surface area contributed by atoms with Crippen LogP contribution in [0.25, 0.3) is 11.3 Å². The van der Waals surface area contributed by atoms with Crippen LogP contribution in [0.1, 0.15) is 18.7 Å². The molecule has 5 heteroatoms. The summed E-state index contributed by atoms with van der Waals surface area (Å²) in [6.45, 7) is 2.27. The number of nitrogens with zero attached hydrogens (tertiary/aromatic N) is 2. The van der Waals surface area contributed by atoms with Gasteiger partial charge in [-0.25, -0.2) is 4.98 Å². The molecular weight excluding hydrogens is 278 g/mol. The van der Waals surface area contributed by atoms with Gasteiger partial charge in [-0.3, -0.25) is 4.79 Å². The molecule has 0 saturated carbocycles. The smallest absolute Gasteiger partial charge is 0.223 e. The molecule has 5 nitrogen and oxygen atoms in total. The minimum atomic E-state index is 0.162. The summed E-state index contributed by atoms with van der Waals surface area (Å²) in [6.07, 6.45) is 3.70. The second-order valence-corrected chi connectivity index (χ2v) is 5.71. The number of oxazole rings is 1. The van der Waals surface area contributed by atoms with Crippen LogP contribution >= 0.6 is 0 Å². The van der Waals surface area contributed by atoms with Crippen LogP contribution in [-0.2, 0) is 11.2 Å². The van der Waals surface area contributed by atoms with Crippen molar-refractivity contribution in [2.24, 2.45) is 11.7 Å². The first-order valence-electron chi connectivity index (χ1n) is 7.74. The van der Waals surface area contributed by atoms with Gasteiger partial charge in [-0.15, -0.1) is 0 Å². The number of hydrogen-bond donors (Lipinski definition) is 1. The van der Waals surface area contributed by atoms with Crippen molar-refractivity contribution in [1.29, 1.82) is 0 Å². The Morgan fingerprint density at radius 3 is 2.91 bits per heavy atom. The van der Waals surface area contributed by atoms with Crippen LogP contribution in [0.2, 0.25) is 0 Å². The molecular formula is C17H21N3O2. The fraction of sp³-hybridized carbons (Fsp3) is 0.412. The van der Waals surface area contributed by atoms with Gasteiger partial charge in [0.1, 0.15) is 0 Å². The number of benzene rings is 1. The third kappa shape index (κ3) is 3.36. The monoisotopic (exact) mass is 299 g/mol. The van der Waals surface area contributed by atoms with E-state index in [0.29, 0.717) is 31.2 Å². The summed E-state index contributed by atoms with van der Waals surface area (Å²) in [4.78, 5) is 18.3. The van der Waals surface area contributed by atoms with Gasteiger partial charge in [0, 0.05) is 31.5 Å². The average Bonchev–Trinajstić information content (AvgIpc) is 3.22. The van der Waals surface area contributed by atoms with Crippen LogP contribution < -0.4 is 5.73 Å². The van der Waals surface area contributed by atoms with Gasteiger partial charge < -0.3 is 15.1 Å². The molecule has 0 radical (unpaired) electrons. The lowest BCUT2D eigenvalue weighted by molar-refractivity contribution is -0.130. The summed E-state index contributed by atoms with van der Waals surface area (Å²) >= 11 is 0. The van der Waals surface area contributed by atoms with Gasteiger partial charge in [0.25, 0.3) is 0 Å². The number of amides is 1. The summed E-state index contributed by atoms with van der Waals surface area (Å²) in [5, 5.41) is 0. The Morgan fingerprint density at radius 1 is 1.36 bits per heavy atom. The van der Waals surface area contributed by atoms with Crippen LogP contribution in [0.4, 0.5) is 0 Å². The molecule has 1 unspecified atom stereocenters. The molecule has 116 valence electrons. The topological polar surface area (TPSA) is 72.4 Å². The Bertz CT molecular complexity index is 624. The Kier molecular flexibility index (Phi) is 4.53. The first-order chi connectivity index (χ1) is 10.8. The molecule has 1 aliphatic rings. The fourth-order valence-electron chi connectivity index (χ4n) is 2.79. The Labute approximate surface area is 130 Å². The molecule has 1 fully saturated rings. The van der Waals surface area contributed by atoms with Crippen molar-refractivity contribution < 1.29 is 9.21 Å². The minimum absolute atomic E-state index is 0.162. The third-order valence-corrected chi connectivity index (χ3v) is 4.14. The van der Waals surface area contributed by atoms with Gasteiger partial charge in [0.05, 0.1) is 6.20 Å². The second-order valence-electron chi connectivity index (χ2n) is 5.71. The molecule has 0 spiro atoms. The van der Waals surface area contributed by atoms with Gasteiger partial charge >= 0.3 is 0 Å². The molecule has 1 aromatic carbocycles. The van der Waals surface area contributed by atoms with Crippen molar-refractivity contribution >= 4 is 5.91 Å². The van der Waals surface area contributed by atoms with E-state index < -0.39 is 0 Å². The zero-order valence-electron chi connectivity index (χ0n) is 12.6. The van der Waals surface area contributed by atoms with Crippen molar-refractivity contribution in [1.82, 2.24) is 9.88 Å². The highest BCUT2D eigenvalue weighted by Gasteiger charge is 2.25. The number of aryl methyl sites for hydroxylation is 1. The van der Waals surface area contributed by atoms with Gasteiger partial charge in [0.15, 0.2) is 11.7 Å². The van der Waals surface area contributed by atoms with E-state index in [1.165, 1.54) is 0 Å². The first kappa shape index (κ1) is 14.8. The molecule has 2 N–H and O–H groups in total. The largest absolute Gasteiger partial charge is 0.441 e. The van der Waals surface area contributed by atoms with Crippen molar-refractivity contribution in [3.8, 4) is 11.3 Å². The van der Waals surface area contributed by atoms with Crippen LogP contribution in [0.5, 0.6) is 0 Å². The van der Waals surface area contributed by atoms with E-state index in [1.807, 2.05) is 35.2 Å². The quantitative estimate of drug-likeness (QED) is 0.917. The van der Waals surface area contributed by atoms with E-state index in [9.17, 15) is 4.79 Å². The SMILES string of the molecule is NCC1CCN(C(=O)CCc2ncc(-c3ccccc3)o2)C1. The summed E-state index contributed by atoms with van der Waals surface area (Å²) < 4.78 is 5.72. The van der Waals surface area contributed by atoms with Crippen LogP contribution in [0.15, 0.2) is 40.9 Å². The first-order valence-corrected chi connectivity index (χ1v) is 7.74. The van der Waals surface area contributed by atoms with E-state index in [4.69, 9.17) is 10.2 Å². The number of aromatic nitrogens is 1. The maximum absolute atomic E-state index is 12.2. The average molecular weight is 299 g/mol. The highest BCUT2D eigenvalue weighted by molar-refractivity contribution is 5.76. The standard InChI is InChI=1S/C17H21N3O2/c18-10-13-8-9-20(12-13)17(21)7-6-16-19-11-15(22-16)14-4-2-1-3-5-14/h1-5,11,13H,6-10,12,18H2. The van der Waals surface area contributed by atoms with Crippen LogP contribution in [-0.4, -0.2) is 35.4 Å². The van der Waals surface area contributed by atoms with E-state index >= 15 is 0 Å². The zero-order valence-corrected chi connectivity index (χ0v) is 12.6. The minimum Gasteiger partial charge on any atom is -0.441 e. The van der Waals surface area contributed by atoms with Gasteiger partial charge in [-0.1, -0.05) is 30.3 Å². The molecule has 1 amide bonds. The van der Waals surface area contributed by atoms with Gasteiger partial charge in [-0.05, 0) is 18.9 Å². The van der Waals surface area contributed by atoms with E-state index in [0.717, 1.165) is 30.8 Å². The number of hydrogen-bond acceptors (Lipinski definition) is 4. The normalized spacial score (nSPS) is 17.9. The van der Waals surface area contributed by atoms with Gasteiger partial charge in [0.2, 0.25) is 5.91 Å². The van der Waals surface area contributed by atoms with Crippen molar-refractivity contribution in [2.75, 3.05) is 19.6 Å². The Morgan fingerprint density at radius 2 is 2.18 bits per heavy atom. The summed E-state index contributed by atoms with van der Waals surface area (Å²) in [5.74, 6) is 1.97. The predicted octanol–water partition coefficient (Wildman–Crippen LogP) is 2.08. The number of nitrogens with two attached hydrogens (primary N) is 1. The fourth-order valence-corrected chi connectivity index (χ4v) is 2.79. The number of carbonyl (C=O) groups excluding carboxylic acids is 1. The predicted molar refractivity (Wildman–Crippen MR) is 84.0 cm³/mol. The molecule has 0 aliphatic carbocycles. The lowest BCUT2D eigenvalue weighted by Gasteiger charge is -2.15. The molecule has 1 saturated heterocycles. The van der Waals surface area contributed by atoms with E-state index in [-0.39, 0.29) is 5.91 Å². The highest BCUT2D eigenvalue weighted by atomic mass is 16.4. The molecule has 1 aliphatic heterocycles. The van der Waals surface area contributed by atoms with Gasteiger partial charge in [-0.2, -0.15) is 0 Å². The van der Waals surface area contributed by atoms with Crippen molar-refractivity contribution in [2.45, 2.75) is 19.3 Å². The molecule has 1 aromatic heterocycles. The lowest BCUT2D eigenvalue weighted by Crippen LogP contribution is -2.30. The molecule has 3 rings (SSSR count). The van der Waals surface area contributed by atoms with E-state index in [2.05, 4.69) is 4.98 Å². The molecule has 1 atom stereocenters. The zero-order chi connectivity index (χ0) is 15.4. The molecule has 0 bridgehead atoms. The lowest BCUT2D eigenvalue weighted by atomic mass is 10.1. The summed E-state index contributed by atoms with van der Waals surface area (Å²) in [7, 11) is 0. The second kappa shape index (κ2) is 6.75. The summed E-state index contributed by atoms with van der Waals surface area (Å²) in [6, 6.07) is 9.84. The Balaban J connectivity index is 1.54. The molecule has 2 aromatic rings.